The molecule has 0 amide bonds. The van der Waals surface area contributed by atoms with Gasteiger partial charge in [0.1, 0.15) is 0 Å². The molecule has 0 radical (unpaired) electrons. The molecule has 0 aromatic carbocycles. The highest BCUT2D eigenvalue weighted by Gasteiger charge is 2.34. The van der Waals surface area contributed by atoms with Crippen LogP contribution in [0.4, 0.5) is 0 Å². The van der Waals surface area contributed by atoms with Crippen LogP contribution in [0.5, 0.6) is 0 Å². The minimum absolute atomic E-state index is 0.00735. The molecular weight excluding hydrogens is 280 g/mol. The monoisotopic (exact) mass is 302 g/mol. The molecule has 2 rings (SSSR count). The molecule has 6 heteroatoms. The molecule has 0 aliphatic heterocycles. The first-order valence-corrected chi connectivity index (χ1v) is 9.01. The maximum Gasteiger partial charge on any atom is 0.244 e. The summed E-state index contributed by atoms with van der Waals surface area (Å²) in [6.45, 7) is 5.16. The zero-order valence-corrected chi connectivity index (χ0v) is 13.4. The molecule has 0 saturated heterocycles. The summed E-state index contributed by atoms with van der Waals surface area (Å²) in [5, 5.41) is 4.89. The van der Waals surface area contributed by atoms with E-state index < -0.39 is 10.0 Å². The van der Waals surface area contributed by atoms with E-state index in [4.69, 9.17) is 0 Å². The summed E-state index contributed by atoms with van der Waals surface area (Å²) in [5.41, 5.74) is 0. The van der Waals surface area contributed by atoms with Crippen LogP contribution >= 0.6 is 11.3 Å². The molecule has 0 spiro atoms. The smallest absolute Gasteiger partial charge is 0.244 e. The van der Waals surface area contributed by atoms with E-state index in [9.17, 15) is 8.42 Å². The van der Waals surface area contributed by atoms with Crippen LogP contribution < -0.4 is 5.32 Å². The van der Waals surface area contributed by atoms with Crippen molar-refractivity contribution in [2.24, 2.45) is 5.92 Å². The average Bonchev–Trinajstić information content (AvgIpc) is 3.03. The minimum Gasteiger partial charge on any atom is -0.315 e. The summed E-state index contributed by atoms with van der Waals surface area (Å²) in [6.07, 6.45) is 2.32. The second-order valence-electron chi connectivity index (χ2n) is 5.35. The van der Waals surface area contributed by atoms with Gasteiger partial charge in [-0.25, -0.2) is 8.42 Å². The average molecular weight is 302 g/mol. The van der Waals surface area contributed by atoms with Crippen molar-refractivity contribution >= 4 is 21.4 Å². The van der Waals surface area contributed by atoms with E-state index in [2.05, 4.69) is 5.32 Å². The number of sulfonamides is 1. The molecule has 1 aliphatic carbocycles. The van der Waals surface area contributed by atoms with Crippen molar-refractivity contribution in [3.63, 3.8) is 0 Å². The third kappa shape index (κ3) is 3.37. The van der Waals surface area contributed by atoms with Crippen molar-refractivity contribution in [2.75, 3.05) is 13.6 Å². The van der Waals surface area contributed by atoms with Crippen LogP contribution in [0.3, 0.4) is 0 Å². The summed E-state index contributed by atoms with van der Waals surface area (Å²) in [6, 6.07) is 1.74. The van der Waals surface area contributed by atoms with Gasteiger partial charge in [-0.15, -0.1) is 11.3 Å². The SMILES string of the molecule is CNCc1sccc1S(=O)(=O)N(CC1CC1)C(C)C. The third-order valence-corrected chi connectivity index (χ3v) is 6.52. The van der Waals surface area contributed by atoms with Crippen molar-refractivity contribution in [1.82, 2.24) is 9.62 Å². The maximum absolute atomic E-state index is 12.8. The van der Waals surface area contributed by atoms with E-state index in [1.807, 2.05) is 26.3 Å². The topological polar surface area (TPSA) is 49.4 Å². The Morgan fingerprint density at radius 3 is 2.68 bits per heavy atom. The van der Waals surface area contributed by atoms with Crippen LogP contribution in [0, 0.1) is 5.92 Å². The van der Waals surface area contributed by atoms with Gasteiger partial charge < -0.3 is 5.32 Å². The van der Waals surface area contributed by atoms with Crippen LogP contribution in [0.25, 0.3) is 0 Å². The van der Waals surface area contributed by atoms with Gasteiger partial charge in [-0.2, -0.15) is 4.31 Å². The van der Waals surface area contributed by atoms with Gasteiger partial charge in [0.15, 0.2) is 0 Å². The van der Waals surface area contributed by atoms with E-state index in [0.717, 1.165) is 17.7 Å². The van der Waals surface area contributed by atoms with E-state index in [1.54, 1.807) is 10.4 Å². The number of hydrogen-bond acceptors (Lipinski definition) is 4. The van der Waals surface area contributed by atoms with Crippen molar-refractivity contribution in [3.8, 4) is 0 Å². The molecule has 108 valence electrons. The van der Waals surface area contributed by atoms with Crippen LogP contribution in [0.2, 0.25) is 0 Å². The van der Waals surface area contributed by atoms with Crippen LogP contribution in [-0.2, 0) is 16.6 Å². The largest absolute Gasteiger partial charge is 0.315 e. The van der Waals surface area contributed by atoms with Crippen LogP contribution in [0.1, 0.15) is 31.6 Å². The van der Waals surface area contributed by atoms with E-state index >= 15 is 0 Å². The van der Waals surface area contributed by atoms with Gasteiger partial charge in [0.05, 0.1) is 4.90 Å². The number of thiophene rings is 1. The summed E-state index contributed by atoms with van der Waals surface area (Å²) in [5.74, 6) is 0.559. The van der Waals surface area contributed by atoms with Gasteiger partial charge in [-0.3, -0.25) is 0 Å². The highest BCUT2D eigenvalue weighted by Crippen LogP contribution is 2.34. The Morgan fingerprint density at radius 2 is 2.16 bits per heavy atom. The zero-order chi connectivity index (χ0) is 14.0. The van der Waals surface area contributed by atoms with Gasteiger partial charge in [-0.05, 0) is 51.1 Å². The molecule has 19 heavy (non-hydrogen) atoms. The lowest BCUT2D eigenvalue weighted by Crippen LogP contribution is -2.38. The second kappa shape index (κ2) is 5.91. The fourth-order valence-electron chi connectivity index (χ4n) is 2.12. The van der Waals surface area contributed by atoms with Crippen LogP contribution in [0.15, 0.2) is 16.3 Å². The fraction of sp³-hybridized carbons (Fsp3) is 0.692. The van der Waals surface area contributed by atoms with Gasteiger partial charge in [0, 0.05) is 24.0 Å². The summed E-state index contributed by atoms with van der Waals surface area (Å²) < 4.78 is 27.3. The third-order valence-electron chi connectivity index (χ3n) is 3.34. The zero-order valence-electron chi connectivity index (χ0n) is 11.7. The number of rotatable bonds is 7. The number of nitrogens with one attached hydrogen (secondary N) is 1. The summed E-state index contributed by atoms with van der Waals surface area (Å²) in [4.78, 5) is 1.37. The lowest BCUT2D eigenvalue weighted by Gasteiger charge is -2.26. The fourth-order valence-corrected chi connectivity index (χ4v) is 5.26. The summed E-state index contributed by atoms with van der Waals surface area (Å²) >= 11 is 1.50. The Hall–Kier alpha value is -0.430. The number of nitrogens with zero attached hydrogens (tertiary/aromatic N) is 1. The molecule has 0 bridgehead atoms. The first-order valence-electron chi connectivity index (χ1n) is 6.69. The summed E-state index contributed by atoms with van der Waals surface area (Å²) in [7, 11) is -1.53. The molecule has 1 aromatic heterocycles. The molecular formula is C13H22N2O2S2. The molecule has 1 aromatic rings. The predicted octanol–water partition coefficient (Wildman–Crippen LogP) is 2.28. The number of hydrogen-bond donors (Lipinski definition) is 1. The highest BCUT2D eigenvalue weighted by molar-refractivity contribution is 7.89. The van der Waals surface area contributed by atoms with Crippen molar-refractivity contribution in [2.45, 2.75) is 44.2 Å². The lowest BCUT2D eigenvalue weighted by molar-refractivity contribution is 0.341. The molecule has 1 saturated carbocycles. The van der Waals surface area contributed by atoms with Gasteiger partial charge >= 0.3 is 0 Å². The molecule has 1 aliphatic rings. The van der Waals surface area contributed by atoms with E-state index in [-0.39, 0.29) is 6.04 Å². The van der Waals surface area contributed by atoms with E-state index in [1.165, 1.54) is 11.3 Å². The predicted molar refractivity (Wildman–Crippen MR) is 78.8 cm³/mol. The molecule has 0 unspecified atom stereocenters. The molecule has 1 heterocycles. The molecule has 0 atom stereocenters. The first-order chi connectivity index (χ1) is 8.96. The molecule has 1 N–H and O–H groups in total. The van der Waals surface area contributed by atoms with Crippen molar-refractivity contribution in [3.05, 3.63) is 16.3 Å². The van der Waals surface area contributed by atoms with Gasteiger partial charge in [0.2, 0.25) is 10.0 Å². The lowest BCUT2D eigenvalue weighted by atomic mass is 10.3. The minimum atomic E-state index is -3.36. The Kier molecular flexibility index (Phi) is 4.66. The Balaban J connectivity index is 2.29. The van der Waals surface area contributed by atoms with Crippen LogP contribution in [-0.4, -0.2) is 32.4 Å². The Bertz CT molecular complexity index is 519. The molecule has 1 fully saturated rings. The van der Waals surface area contributed by atoms with Crippen molar-refractivity contribution < 1.29 is 8.42 Å². The standard InChI is InChI=1S/C13H22N2O2S2/c1-10(2)15(9-11-4-5-11)19(16,17)13-6-7-18-12(13)8-14-3/h6-7,10-11,14H,4-5,8-9H2,1-3H3. The highest BCUT2D eigenvalue weighted by atomic mass is 32.2. The maximum atomic E-state index is 12.8. The Morgan fingerprint density at radius 1 is 1.47 bits per heavy atom. The second-order valence-corrected chi connectivity index (χ2v) is 8.21. The van der Waals surface area contributed by atoms with Crippen molar-refractivity contribution in [1.29, 1.82) is 0 Å². The van der Waals surface area contributed by atoms with E-state index in [0.29, 0.717) is 23.9 Å². The van der Waals surface area contributed by atoms with Gasteiger partial charge in [-0.1, -0.05) is 0 Å². The quantitative estimate of drug-likeness (QED) is 0.840. The molecule has 4 nitrogen and oxygen atoms in total. The van der Waals surface area contributed by atoms with Gasteiger partial charge in [0.25, 0.3) is 0 Å². The first kappa shape index (κ1) is 15.0. The normalized spacial score (nSPS) is 16.5. The Labute approximate surface area is 119 Å².